The molecule has 0 aliphatic carbocycles. The second kappa shape index (κ2) is 8.43. The van der Waals surface area contributed by atoms with E-state index in [0.29, 0.717) is 10.2 Å². The van der Waals surface area contributed by atoms with Gasteiger partial charge in [0.15, 0.2) is 0 Å². The van der Waals surface area contributed by atoms with Crippen LogP contribution in [0, 0.1) is 0 Å². The molecule has 1 atom stereocenters. The summed E-state index contributed by atoms with van der Waals surface area (Å²) in [6.07, 6.45) is -1.11. The molecule has 2 rings (SSSR count). The van der Waals surface area contributed by atoms with Crippen molar-refractivity contribution < 1.29 is 28.2 Å². The van der Waals surface area contributed by atoms with Gasteiger partial charge in [0, 0.05) is 6.54 Å². The van der Waals surface area contributed by atoms with Crippen LogP contribution in [0.3, 0.4) is 0 Å². The van der Waals surface area contributed by atoms with Crippen molar-refractivity contribution in [3.8, 4) is 5.75 Å². The number of rotatable bonds is 8. The summed E-state index contributed by atoms with van der Waals surface area (Å²) in [6, 6.07) is 12.3. The van der Waals surface area contributed by atoms with E-state index in [2.05, 4.69) is 20.7 Å². The Morgan fingerprint density at radius 1 is 1.16 bits per heavy atom. The number of ether oxygens (including phenoxy) is 1. The molecule has 0 radical (unpaired) electrons. The number of nitrogens with one attached hydrogen (secondary N) is 1. The third-order valence-electron chi connectivity index (χ3n) is 3.18. The number of aromatic carboxylic acids is 1. The predicted octanol–water partition coefficient (Wildman–Crippen LogP) is 1.87. The predicted molar refractivity (Wildman–Crippen MR) is 94.2 cm³/mol. The van der Waals surface area contributed by atoms with Crippen LogP contribution in [0.25, 0.3) is 0 Å². The first kappa shape index (κ1) is 19.4. The zero-order chi connectivity index (χ0) is 18.4. The van der Waals surface area contributed by atoms with Crippen LogP contribution in [0.15, 0.2) is 57.9 Å². The summed E-state index contributed by atoms with van der Waals surface area (Å²) in [5, 5.41) is 19.0. The number of carboxylic acid groups (broad SMARTS) is 1. The van der Waals surface area contributed by atoms with Gasteiger partial charge in [0.2, 0.25) is 10.0 Å². The summed E-state index contributed by atoms with van der Waals surface area (Å²) < 4.78 is 32.8. The lowest BCUT2D eigenvalue weighted by Gasteiger charge is -2.15. The molecular formula is C16H16BrNO6S. The van der Waals surface area contributed by atoms with E-state index < -0.39 is 22.1 Å². The van der Waals surface area contributed by atoms with Crippen LogP contribution in [0.1, 0.15) is 10.4 Å². The molecule has 0 saturated carbocycles. The Balaban J connectivity index is 1.98. The van der Waals surface area contributed by atoms with Crippen molar-refractivity contribution in [3.05, 3.63) is 58.6 Å². The van der Waals surface area contributed by atoms with Gasteiger partial charge in [0.05, 0.1) is 14.9 Å². The first-order chi connectivity index (χ1) is 11.8. The van der Waals surface area contributed by atoms with Crippen LogP contribution in [0.5, 0.6) is 5.75 Å². The van der Waals surface area contributed by atoms with E-state index in [-0.39, 0.29) is 23.6 Å². The molecule has 0 amide bonds. The van der Waals surface area contributed by atoms with Gasteiger partial charge in [-0.05, 0) is 40.2 Å². The van der Waals surface area contributed by atoms with E-state index >= 15 is 0 Å². The fourth-order valence-corrected chi connectivity index (χ4v) is 3.64. The molecule has 0 bridgehead atoms. The number of aliphatic hydroxyl groups is 1. The van der Waals surface area contributed by atoms with Gasteiger partial charge in [-0.3, -0.25) is 0 Å². The van der Waals surface area contributed by atoms with Crippen molar-refractivity contribution >= 4 is 31.9 Å². The van der Waals surface area contributed by atoms with Gasteiger partial charge in [-0.25, -0.2) is 17.9 Å². The van der Waals surface area contributed by atoms with Crippen LogP contribution in [-0.2, 0) is 10.0 Å². The fraction of sp³-hybridized carbons (Fsp3) is 0.188. The Bertz CT molecular complexity index is 855. The van der Waals surface area contributed by atoms with E-state index in [1.54, 1.807) is 24.3 Å². The summed E-state index contributed by atoms with van der Waals surface area (Å²) in [4.78, 5) is 10.8. The SMILES string of the molecule is O=C(O)c1ccccc1S(=O)(=O)NCC(O)COc1ccccc1Br. The Kier molecular flexibility index (Phi) is 6.54. The standard InChI is InChI=1S/C16H16BrNO6S/c17-13-6-2-3-7-14(13)24-10-11(19)9-18-25(22,23)15-8-4-1-5-12(15)16(20)21/h1-8,11,18-19H,9-10H2,(H,20,21). The maximum atomic E-state index is 12.3. The monoisotopic (exact) mass is 429 g/mol. The Labute approximate surface area is 153 Å². The van der Waals surface area contributed by atoms with Crippen LogP contribution in [0.4, 0.5) is 0 Å². The minimum atomic E-state index is -4.08. The molecule has 0 fully saturated rings. The van der Waals surface area contributed by atoms with Crippen molar-refractivity contribution in [2.75, 3.05) is 13.2 Å². The molecule has 7 nitrogen and oxygen atoms in total. The molecule has 1 unspecified atom stereocenters. The highest BCUT2D eigenvalue weighted by Crippen LogP contribution is 2.23. The number of aliphatic hydroxyl groups excluding tert-OH is 1. The van der Waals surface area contributed by atoms with Gasteiger partial charge in [-0.2, -0.15) is 0 Å². The van der Waals surface area contributed by atoms with Crippen molar-refractivity contribution in [3.63, 3.8) is 0 Å². The molecule has 2 aromatic carbocycles. The number of hydrogen-bond donors (Lipinski definition) is 3. The highest BCUT2D eigenvalue weighted by atomic mass is 79.9. The smallest absolute Gasteiger partial charge is 0.337 e. The van der Waals surface area contributed by atoms with E-state index in [1.165, 1.54) is 24.3 Å². The number of hydrogen-bond acceptors (Lipinski definition) is 5. The van der Waals surface area contributed by atoms with E-state index in [9.17, 15) is 18.3 Å². The second-order valence-corrected chi connectivity index (χ2v) is 7.64. The molecule has 0 aliphatic rings. The van der Waals surface area contributed by atoms with E-state index in [4.69, 9.17) is 9.84 Å². The van der Waals surface area contributed by atoms with Crippen LogP contribution in [-0.4, -0.2) is 43.9 Å². The van der Waals surface area contributed by atoms with Crippen LogP contribution < -0.4 is 9.46 Å². The van der Waals surface area contributed by atoms with Gasteiger partial charge in [-0.15, -0.1) is 0 Å². The third-order valence-corrected chi connectivity index (χ3v) is 5.32. The lowest BCUT2D eigenvalue weighted by Crippen LogP contribution is -2.35. The van der Waals surface area contributed by atoms with E-state index in [0.717, 1.165) is 0 Å². The molecule has 0 heterocycles. The first-order valence-electron chi connectivity index (χ1n) is 7.18. The minimum Gasteiger partial charge on any atom is -0.490 e. The zero-order valence-electron chi connectivity index (χ0n) is 12.9. The summed E-state index contributed by atoms with van der Waals surface area (Å²) in [7, 11) is -4.08. The summed E-state index contributed by atoms with van der Waals surface area (Å²) in [6.45, 7) is -0.452. The molecule has 0 aromatic heterocycles. The lowest BCUT2D eigenvalue weighted by molar-refractivity contribution is 0.0692. The summed E-state index contributed by atoms with van der Waals surface area (Å²) >= 11 is 3.30. The number of sulfonamides is 1. The molecular weight excluding hydrogens is 414 g/mol. The van der Waals surface area contributed by atoms with Gasteiger partial charge in [0.1, 0.15) is 18.5 Å². The van der Waals surface area contributed by atoms with Gasteiger partial charge < -0.3 is 14.9 Å². The minimum absolute atomic E-state index is 0.133. The van der Waals surface area contributed by atoms with Gasteiger partial charge in [-0.1, -0.05) is 24.3 Å². The molecule has 3 N–H and O–H groups in total. The molecule has 0 saturated heterocycles. The van der Waals surface area contributed by atoms with Crippen molar-refractivity contribution in [1.82, 2.24) is 4.72 Å². The zero-order valence-corrected chi connectivity index (χ0v) is 15.3. The molecule has 134 valence electrons. The quantitative estimate of drug-likeness (QED) is 0.590. The van der Waals surface area contributed by atoms with Crippen molar-refractivity contribution in [1.29, 1.82) is 0 Å². The van der Waals surface area contributed by atoms with E-state index in [1.807, 2.05) is 0 Å². The highest BCUT2D eigenvalue weighted by Gasteiger charge is 2.22. The number of carbonyl (C=O) groups is 1. The van der Waals surface area contributed by atoms with Crippen molar-refractivity contribution in [2.24, 2.45) is 0 Å². The van der Waals surface area contributed by atoms with Crippen molar-refractivity contribution in [2.45, 2.75) is 11.0 Å². The highest BCUT2D eigenvalue weighted by molar-refractivity contribution is 9.10. The Morgan fingerprint density at radius 3 is 2.48 bits per heavy atom. The van der Waals surface area contributed by atoms with Gasteiger partial charge in [0.25, 0.3) is 0 Å². The number of halogens is 1. The Hall–Kier alpha value is -1.94. The molecule has 9 heteroatoms. The largest absolute Gasteiger partial charge is 0.490 e. The maximum Gasteiger partial charge on any atom is 0.337 e. The molecule has 0 spiro atoms. The van der Waals surface area contributed by atoms with Gasteiger partial charge >= 0.3 is 5.97 Å². The summed E-state index contributed by atoms with van der Waals surface area (Å²) in [5.74, 6) is -0.834. The number of carboxylic acids is 1. The molecule has 0 aliphatic heterocycles. The van der Waals surface area contributed by atoms with Crippen LogP contribution in [0.2, 0.25) is 0 Å². The fourth-order valence-electron chi connectivity index (χ4n) is 1.97. The molecule has 2 aromatic rings. The molecule has 25 heavy (non-hydrogen) atoms. The number of benzene rings is 2. The Morgan fingerprint density at radius 2 is 1.80 bits per heavy atom. The third kappa shape index (κ3) is 5.27. The normalized spacial score (nSPS) is 12.6. The maximum absolute atomic E-state index is 12.3. The average Bonchev–Trinajstić information content (AvgIpc) is 2.59. The summed E-state index contributed by atoms with van der Waals surface area (Å²) in [5.41, 5.74) is -0.339. The lowest BCUT2D eigenvalue weighted by atomic mass is 10.2. The second-order valence-electron chi connectivity index (χ2n) is 5.05. The average molecular weight is 430 g/mol. The number of para-hydroxylation sites is 1. The van der Waals surface area contributed by atoms with Crippen LogP contribution >= 0.6 is 15.9 Å². The topological polar surface area (TPSA) is 113 Å². The first-order valence-corrected chi connectivity index (χ1v) is 9.46.